The van der Waals surface area contributed by atoms with E-state index in [-0.39, 0.29) is 12.2 Å². The van der Waals surface area contributed by atoms with Crippen molar-refractivity contribution in [2.45, 2.75) is 20.0 Å². The molecular weight excluding hydrogens is 255 g/mol. The highest BCUT2D eigenvalue weighted by Crippen LogP contribution is 2.35. The summed E-state index contributed by atoms with van der Waals surface area (Å²) in [7, 11) is 0. The molecule has 0 bridgehead atoms. The van der Waals surface area contributed by atoms with Crippen molar-refractivity contribution in [3.8, 4) is 0 Å². The van der Waals surface area contributed by atoms with E-state index < -0.39 is 5.82 Å². The van der Waals surface area contributed by atoms with Crippen LogP contribution in [0.5, 0.6) is 0 Å². The monoisotopic (exact) mass is 272 g/mol. The largest absolute Gasteiger partial charge is 0.392 e. The van der Waals surface area contributed by atoms with Crippen molar-refractivity contribution in [1.29, 1.82) is 0 Å². The van der Waals surface area contributed by atoms with Gasteiger partial charge in [-0.3, -0.25) is 0 Å². The molecule has 2 aromatic rings. The first-order valence-corrected chi connectivity index (χ1v) is 6.80. The molecule has 1 N–H and O–H groups in total. The second kappa shape index (κ2) is 5.21. The van der Waals surface area contributed by atoms with Crippen molar-refractivity contribution in [2.75, 3.05) is 11.4 Å². The number of nitrogens with zero attached hydrogens (tertiary/aromatic N) is 2. The van der Waals surface area contributed by atoms with Crippen LogP contribution in [0.4, 0.5) is 15.9 Å². The predicted octanol–water partition coefficient (Wildman–Crippen LogP) is 3.04. The first-order chi connectivity index (χ1) is 9.70. The molecule has 3 rings (SSSR count). The van der Waals surface area contributed by atoms with Crippen molar-refractivity contribution >= 4 is 11.5 Å². The van der Waals surface area contributed by atoms with Crippen LogP contribution in [0.3, 0.4) is 0 Å². The average Bonchev–Trinajstić information content (AvgIpc) is 2.46. The van der Waals surface area contributed by atoms with E-state index in [1.54, 1.807) is 6.20 Å². The summed E-state index contributed by atoms with van der Waals surface area (Å²) in [5.41, 5.74) is 2.50. The molecule has 0 fully saturated rings. The highest BCUT2D eigenvalue weighted by molar-refractivity contribution is 5.66. The van der Waals surface area contributed by atoms with E-state index in [0.717, 1.165) is 18.7 Å². The molecule has 3 nitrogen and oxygen atoms in total. The second-order valence-electron chi connectivity index (χ2n) is 5.31. The Labute approximate surface area is 117 Å². The van der Waals surface area contributed by atoms with Gasteiger partial charge in [-0.15, -0.1) is 0 Å². The lowest BCUT2D eigenvalue weighted by atomic mass is 9.94. The maximum absolute atomic E-state index is 14.4. The topological polar surface area (TPSA) is 36.4 Å². The number of para-hydroxylation sites is 1. The maximum Gasteiger partial charge on any atom is 0.171 e. The van der Waals surface area contributed by atoms with E-state index in [1.807, 2.05) is 23.1 Å². The Bertz CT molecular complexity index is 630. The van der Waals surface area contributed by atoms with Gasteiger partial charge in [0.15, 0.2) is 11.6 Å². The molecule has 1 aliphatic heterocycles. The third-order valence-electron chi connectivity index (χ3n) is 3.72. The molecule has 20 heavy (non-hydrogen) atoms. The summed E-state index contributed by atoms with van der Waals surface area (Å²) in [6.07, 6.45) is 2.54. The van der Waals surface area contributed by atoms with Gasteiger partial charge in [-0.2, -0.15) is 0 Å². The fourth-order valence-corrected chi connectivity index (χ4v) is 2.78. The Morgan fingerprint density at radius 1 is 1.35 bits per heavy atom. The van der Waals surface area contributed by atoms with Gasteiger partial charge >= 0.3 is 0 Å². The molecule has 0 spiro atoms. The minimum atomic E-state index is -0.432. The van der Waals surface area contributed by atoms with Crippen molar-refractivity contribution < 1.29 is 9.50 Å². The van der Waals surface area contributed by atoms with Gasteiger partial charge in [0.05, 0.1) is 6.61 Å². The van der Waals surface area contributed by atoms with Crippen LogP contribution >= 0.6 is 0 Å². The first kappa shape index (κ1) is 13.1. The Morgan fingerprint density at radius 3 is 2.95 bits per heavy atom. The zero-order valence-electron chi connectivity index (χ0n) is 11.4. The summed E-state index contributed by atoms with van der Waals surface area (Å²) in [6, 6.07) is 9.54. The minimum Gasteiger partial charge on any atom is -0.392 e. The highest BCUT2D eigenvalue weighted by Gasteiger charge is 2.26. The predicted molar refractivity (Wildman–Crippen MR) is 76.4 cm³/mol. The molecular formula is C16H17FN2O. The molecule has 0 amide bonds. The number of fused-ring (bicyclic) bond motifs is 1. The summed E-state index contributed by atoms with van der Waals surface area (Å²) in [5.74, 6) is 0.304. The summed E-state index contributed by atoms with van der Waals surface area (Å²) in [4.78, 5) is 6.10. The summed E-state index contributed by atoms with van der Waals surface area (Å²) in [6.45, 7) is 2.57. The van der Waals surface area contributed by atoms with E-state index in [9.17, 15) is 9.50 Å². The SMILES string of the molecule is CC1Cc2ccccc2N(c2nccc(CO)c2F)C1. The zero-order chi connectivity index (χ0) is 14.1. The van der Waals surface area contributed by atoms with Gasteiger partial charge in [0.25, 0.3) is 0 Å². The third kappa shape index (κ3) is 2.16. The molecule has 1 aromatic carbocycles. The van der Waals surface area contributed by atoms with E-state index in [0.29, 0.717) is 11.7 Å². The Balaban J connectivity index is 2.11. The fraction of sp³-hybridized carbons (Fsp3) is 0.312. The number of hydrogen-bond acceptors (Lipinski definition) is 3. The number of aromatic nitrogens is 1. The van der Waals surface area contributed by atoms with Crippen LogP contribution in [-0.2, 0) is 13.0 Å². The number of halogens is 1. The van der Waals surface area contributed by atoms with Crippen molar-refractivity contribution in [2.24, 2.45) is 5.92 Å². The van der Waals surface area contributed by atoms with Crippen molar-refractivity contribution in [1.82, 2.24) is 4.98 Å². The summed E-state index contributed by atoms with van der Waals surface area (Å²) in [5, 5.41) is 9.20. The van der Waals surface area contributed by atoms with Crippen LogP contribution in [0.15, 0.2) is 36.5 Å². The third-order valence-corrected chi connectivity index (χ3v) is 3.72. The highest BCUT2D eigenvalue weighted by atomic mass is 19.1. The van der Waals surface area contributed by atoms with E-state index >= 15 is 0 Å². The van der Waals surface area contributed by atoms with E-state index in [2.05, 4.69) is 18.0 Å². The van der Waals surface area contributed by atoms with Crippen LogP contribution in [0.25, 0.3) is 0 Å². The molecule has 1 unspecified atom stereocenters. The maximum atomic E-state index is 14.4. The zero-order valence-corrected chi connectivity index (χ0v) is 11.4. The molecule has 0 radical (unpaired) electrons. The van der Waals surface area contributed by atoms with Gasteiger partial charge in [0, 0.05) is 24.0 Å². The van der Waals surface area contributed by atoms with Gasteiger partial charge < -0.3 is 10.0 Å². The van der Waals surface area contributed by atoms with Crippen molar-refractivity contribution in [3.05, 3.63) is 53.5 Å². The number of aliphatic hydroxyl groups is 1. The normalized spacial score (nSPS) is 17.9. The van der Waals surface area contributed by atoms with E-state index in [1.165, 1.54) is 11.6 Å². The molecule has 0 saturated heterocycles. The van der Waals surface area contributed by atoms with Gasteiger partial charge in [-0.25, -0.2) is 9.37 Å². The molecule has 1 aromatic heterocycles. The molecule has 2 heterocycles. The second-order valence-corrected chi connectivity index (χ2v) is 5.31. The average molecular weight is 272 g/mol. The van der Waals surface area contributed by atoms with E-state index in [4.69, 9.17) is 0 Å². The molecule has 1 atom stereocenters. The van der Waals surface area contributed by atoms with Crippen molar-refractivity contribution in [3.63, 3.8) is 0 Å². The minimum absolute atomic E-state index is 0.283. The van der Waals surface area contributed by atoms with Gasteiger partial charge in [-0.05, 0) is 30.0 Å². The lowest BCUT2D eigenvalue weighted by molar-refractivity contribution is 0.275. The number of pyridine rings is 1. The van der Waals surface area contributed by atoms with Gasteiger partial charge in [-0.1, -0.05) is 25.1 Å². The number of hydrogen-bond donors (Lipinski definition) is 1. The number of anilines is 2. The lowest BCUT2D eigenvalue weighted by Crippen LogP contribution is -2.31. The van der Waals surface area contributed by atoms with Crippen LogP contribution in [0, 0.1) is 11.7 Å². The summed E-state index contributed by atoms with van der Waals surface area (Å²) < 4.78 is 14.4. The molecule has 0 aliphatic carbocycles. The quantitative estimate of drug-likeness (QED) is 0.913. The molecule has 4 heteroatoms. The molecule has 1 aliphatic rings. The summed E-state index contributed by atoms with van der Waals surface area (Å²) >= 11 is 0. The van der Waals surface area contributed by atoms with Gasteiger partial charge in [0.2, 0.25) is 0 Å². The van der Waals surface area contributed by atoms with Crippen LogP contribution in [0.1, 0.15) is 18.1 Å². The number of aliphatic hydroxyl groups excluding tert-OH is 1. The molecule has 0 saturated carbocycles. The van der Waals surface area contributed by atoms with Crippen LogP contribution < -0.4 is 4.90 Å². The Hall–Kier alpha value is -1.94. The number of benzene rings is 1. The lowest BCUT2D eigenvalue weighted by Gasteiger charge is -2.34. The fourth-order valence-electron chi connectivity index (χ4n) is 2.78. The Kier molecular flexibility index (Phi) is 3.40. The molecule has 104 valence electrons. The van der Waals surface area contributed by atoms with Crippen LogP contribution in [-0.4, -0.2) is 16.6 Å². The van der Waals surface area contributed by atoms with Gasteiger partial charge in [0.1, 0.15) is 0 Å². The Morgan fingerprint density at radius 2 is 2.15 bits per heavy atom. The standard InChI is InChI=1S/C16H17FN2O/c1-11-8-12-4-2-3-5-14(12)19(9-11)16-15(17)13(10-20)6-7-18-16/h2-7,11,20H,8-10H2,1H3. The smallest absolute Gasteiger partial charge is 0.171 e. The van der Waals surface area contributed by atoms with Crippen LogP contribution in [0.2, 0.25) is 0 Å². The first-order valence-electron chi connectivity index (χ1n) is 6.80. The number of rotatable bonds is 2.